The van der Waals surface area contributed by atoms with Crippen LogP contribution in [0.5, 0.6) is 0 Å². The Morgan fingerprint density at radius 2 is 1.96 bits per heavy atom. The number of carbonyl (C=O) groups is 1. The number of pyridine rings is 1. The summed E-state index contributed by atoms with van der Waals surface area (Å²) in [5, 5.41) is 10.1. The average molecular weight is 392 g/mol. The van der Waals surface area contributed by atoms with Gasteiger partial charge in [0.05, 0.1) is 21.5 Å². The first-order chi connectivity index (χ1) is 13.5. The minimum Gasteiger partial charge on any atom is -0.382 e. The lowest BCUT2D eigenvalue weighted by atomic mass is 10.0. The summed E-state index contributed by atoms with van der Waals surface area (Å²) in [6.07, 6.45) is 3.12. The van der Waals surface area contributed by atoms with Gasteiger partial charge in [-0.05, 0) is 32.4 Å². The van der Waals surface area contributed by atoms with Gasteiger partial charge in [-0.1, -0.05) is 12.1 Å². The molecule has 7 nitrogen and oxygen atoms in total. The third kappa shape index (κ3) is 3.11. The number of thiophene rings is 1. The third-order valence-electron chi connectivity index (χ3n) is 4.44. The minimum absolute atomic E-state index is 0.227. The molecule has 0 saturated carbocycles. The van der Waals surface area contributed by atoms with E-state index in [0.717, 1.165) is 32.5 Å². The van der Waals surface area contributed by atoms with Crippen LogP contribution in [0.2, 0.25) is 0 Å². The Morgan fingerprint density at radius 1 is 1.14 bits per heavy atom. The molecule has 0 aliphatic carbocycles. The van der Waals surface area contributed by atoms with Crippen LogP contribution in [-0.2, 0) is 0 Å². The van der Waals surface area contributed by atoms with Crippen molar-refractivity contribution >= 4 is 55.6 Å². The van der Waals surface area contributed by atoms with Gasteiger partial charge in [0, 0.05) is 28.4 Å². The molecule has 3 heterocycles. The molecule has 8 heteroatoms. The van der Waals surface area contributed by atoms with Crippen molar-refractivity contribution in [1.29, 1.82) is 0 Å². The number of aromatic nitrogens is 3. The molecule has 4 aromatic rings. The van der Waals surface area contributed by atoms with Crippen molar-refractivity contribution < 1.29 is 4.79 Å². The number of nitrogens with one attached hydrogen (secondary N) is 2. The summed E-state index contributed by atoms with van der Waals surface area (Å²) in [4.78, 5) is 25.7. The Kier molecular flexibility index (Phi) is 4.56. The number of rotatable bonds is 4. The molecule has 0 radical (unpaired) electrons. The summed E-state index contributed by atoms with van der Waals surface area (Å²) in [5.74, 6) is 0.950. The molecule has 4 rings (SSSR count). The van der Waals surface area contributed by atoms with Crippen LogP contribution in [0.1, 0.15) is 29.8 Å². The van der Waals surface area contributed by atoms with Crippen LogP contribution in [-0.4, -0.2) is 26.9 Å². The predicted molar refractivity (Wildman–Crippen MR) is 115 cm³/mol. The summed E-state index contributed by atoms with van der Waals surface area (Å²) in [6, 6.07) is 6.16. The van der Waals surface area contributed by atoms with Gasteiger partial charge in [-0.15, -0.1) is 11.3 Å². The van der Waals surface area contributed by atoms with Crippen LogP contribution in [0.3, 0.4) is 0 Å². The number of aryl methyl sites for hydroxylation is 1. The van der Waals surface area contributed by atoms with E-state index in [1.54, 1.807) is 11.6 Å². The van der Waals surface area contributed by atoms with Gasteiger partial charge in [0.15, 0.2) is 0 Å². The van der Waals surface area contributed by atoms with Crippen molar-refractivity contribution in [3.63, 3.8) is 0 Å². The molecule has 1 aromatic carbocycles. The number of nitrogen functional groups attached to an aromatic ring is 1. The molecule has 0 saturated heterocycles. The Bertz CT molecular complexity index is 1200. The molecule has 142 valence electrons. The molecule has 0 fully saturated rings. The lowest BCUT2D eigenvalue weighted by Crippen LogP contribution is -2.14. The molecule has 0 bridgehead atoms. The summed E-state index contributed by atoms with van der Waals surface area (Å²) < 4.78 is 0.718. The van der Waals surface area contributed by atoms with Crippen LogP contribution in [0, 0.1) is 6.92 Å². The van der Waals surface area contributed by atoms with Gasteiger partial charge in [-0.2, -0.15) is 0 Å². The maximum absolute atomic E-state index is 13.0. The fourth-order valence-electron chi connectivity index (χ4n) is 3.13. The second-order valence-electron chi connectivity index (χ2n) is 6.85. The van der Waals surface area contributed by atoms with E-state index in [9.17, 15) is 4.79 Å². The minimum atomic E-state index is -0.227. The van der Waals surface area contributed by atoms with E-state index in [-0.39, 0.29) is 11.9 Å². The van der Waals surface area contributed by atoms with Crippen LogP contribution in [0.15, 0.2) is 36.1 Å². The number of hydrogen-bond donors (Lipinski definition) is 3. The van der Waals surface area contributed by atoms with Crippen molar-refractivity contribution in [2.24, 2.45) is 0 Å². The predicted octanol–water partition coefficient (Wildman–Crippen LogP) is 4.20. The Labute approximate surface area is 166 Å². The average Bonchev–Trinajstić information content (AvgIpc) is 3.09. The van der Waals surface area contributed by atoms with E-state index in [1.807, 2.05) is 25.1 Å². The smallest absolute Gasteiger partial charge is 0.258 e. The highest BCUT2D eigenvalue weighted by atomic mass is 32.1. The molecule has 0 atom stereocenters. The SMILES string of the molecule is Cc1ccc2c(NC(C)C)nccc2c1NC(=O)c1csc2c(N)ncnc12. The first kappa shape index (κ1) is 18.1. The van der Waals surface area contributed by atoms with Crippen molar-refractivity contribution in [3.05, 3.63) is 47.2 Å². The van der Waals surface area contributed by atoms with Gasteiger partial charge in [-0.25, -0.2) is 15.0 Å². The summed E-state index contributed by atoms with van der Waals surface area (Å²) in [7, 11) is 0. The molecule has 0 unspecified atom stereocenters. The Hall–Kier alpha value is -3.26. The number of benzene rings is 1. The van der Waals surface area contributed by atoms with Crippen LogP contribution in [0.4, 0.5) is 17.3 Å². The van der Waals surface area contributed by atoms with Crippen molar-refractivity contribution in [1.82, 2.24) is 15.0 Å². The normalized spacial score (nSPS) is 11.3. The molecule has 0 spiro atoms. The zero-order chi connectivity index (χ0) is 19.8. The van der Waals surface area contributed by atoms with E-state index in [2.05, 4.69) is 39.4 Å². The van der Waals surface area contributed by atoms with Crippen LogP contribution < -0.4 is 16.4 Å². The van der Waals surface area contributed by atoms with Crippen LogP contribution >= 0.6 is 11.3 Å². The number of amides is 1. The molecule has 1 amide bonds. The Morgan fingerprint density at radius 3 is 2.75 bits per heavy atom. The number of hydrogen-bond acceptors (Lipinski definition) is 7. The highest BCUT2D eigenvalue weighted by Crippen LogP contribution is 2.33. The fraction of sp³-hybridized carbons (Fsp3) is 0.200. The van der Waals surface area contributed by atoms with E-state index in [1.165, 1.54) is 17.7 Å². The van der Waals surface area contributed by atoms with Crippen molar-refractivity contribution in [3.8, 4) is 0 Å². The summed E-state index contributed by atoms with van der Waals surface area (Å²) in [5.41, 5.74) is 8.67. The lowest BCUT2D eigenvalue weighted by molar-refractivity contribution is 0.102. The van der Waals surface area contributed by atoms with E-state index >= 15 is 0 Å². The maximum atomic E-state index is 13.0. The molecule has 28 heavy (non-hydrogen) atoms. The highest BCUT2D eigenvalue weighted by Gasteiger charge is 2.18. The standard InChI is InChI=1S/C20H20N6OS/c1-10(2)25-19-13-5-4-11(3)15(12(13)6-7-22-19)26-20(27)14-8-28-17-16(14)23-9-24-18(17)21/h4-10H,1-3H3,(H,22,25)(H,26,27)(H2,21,23,24). The maximum Gasteiger partial charge on any atom is 0.258 e. The Balaban J connectivity index is 1.77. The first-order valence-electron chi connectivity index (χ1n) is 8.89. The van der Waals surface area contributed by atoms with Gasteiger partial charge in [-0.3, -0.25) is 4.79 Å². The zero-order valence-corrected chi connectivity index (χ0v) is 16.6. The third-order valence-corrected chi connectivity index (χ3v) is 5.44. The van der Waals surface area contributed by atoms with E-state index in [0.29, 0.717) is 16.9 Å². The molecular formula is C20H20N6OS. The van der Waals surface area contributed by atoms with E-state index in [4.69, 9.17) is 5.73 Å². The van der Waals surface area contributed by atoms with Gasteiger partial charge >= 0.3 is 0 Å². The quantitative estimate of drug-likeness (QED) is 0.480. The van der Waals surface area contributed by atoms with E-state index < -0.39 is 0 Å². The topological polar surface area (TPSA) is 106 Å². The number of nitrogens with two attached hydrogens (primary N) is 1. The fourth-order valence-corrected chi connectivity index (χ4v) is 4.03. The van der Waals surface area contributed by atoms with Crippen molar-refractivity contribution in [2.45, 2.75) is 26.8 Å². The molecule has 0 aliphatic heterocycles. The zero-order valence-electron chi connectivity index (χ0n) is 15.8. The summed E-state index contributed by atoms with van der Waals surface area (Å²) >= 11 is 1.37. The summed E-state index contributed by atoms with van der Waals surface area (Å²) in [6.45, 7) is 6.09. The van der Waals surface area contributed by atoms with Gasteiger partial charge in [0.1, 0.15) is 18.0 Å². The molecular weight excluding hydrogens is 372 g/mol. The number of fused-ring (bicyclic) bond motifs is 2. The van der Waals surface area contributed by atoms with Gasteiger partial charge in [0.25, 0.3) is 5.91 Å². The number of nitrogens with zero attached hydrogens (tertiary/aromatic N) is 3. The monoisotopic (exact) mass is 392 g/mol. The second kappa shape index (κ2) is 7.05. The van der Waals surface area contributed by atoms with Gasteiger partial charge in [0.2, 0.25) is 0 Å². The second-order valence-corrected chi connectivity index (χ2v) is 7.73. The molecule has 3 aromatic heterocycles. The van der Waals surface area contributed by atoms with Crippen LogP contribution in [0.25, 0.3) is 21.0 Å². The largest absolute Gasteiger partial charge is 0.382 e. The lowest BCUT2D eigenvalue weighted by Gasteiger charge is -2.15. The highest BCUT2D eigenvalue weighted by molar-refractivity contribution is 7.18. The molecule has 0 aliphatic rings. The number of carbonyl (C=O) groups excluding carboxylic acids is 1. The first-order valence-corrected chi connectivity index (χ1v) is 9.77. The molecule has 4 N–H and O–H groups in total. The van der Waals surface area contributed by atoms with Gasteiger partial charge < -0.3 is 16.4 Å². The number of anilines is 3. The van der Waals surface area contributed by atoms with Crippen molar-refractivity contribution in [2.75, 3.05) is 16.4 Å².